The minimum Gasteiger partial charge on any atom is -0.302 e. The molecule has 2 aromatic carbocycles. The molecule has 2 rings (SSSR count). The molecule has 0 spiro atoms. The van der Waals surface area contributed by atoms with E-state index in [9.17, 15) is 4.21 Å². The Labute approximate surface area is 89.2 Å². The highest BCUT2D eigenvalue weighted by atomic mass is 32.2. The lowest BCUT2D eigenvalue weighted by Crippen LogP contribution is -1.91. The predicted octanol–water partition coefficient (Wildman–Crippen LogP) is 2.29. The van der Waals surface area contributed by atoms with E-state index < -0.39 is 11.1 Å². The van der Waals surface area contributed by atoms with Gasteiger partial charge in [0.1, 0.15) is 0 Å². The molecule has 74 valence electrons. The molecule has 0 saturated carbocycles. The first kappa shape index (κ1) is 9.84. The van der Waals surface area contributed by atoms with Crippen molar-refractivity contribution in [2.75, 3.05) is 0 Å². The Morgan fingerprint density at radius 1 is 1.27 bits per heavy atom. The summed E-state index contributed by atoms with van der Waals surface area (Å²) < 4.78 is 20.2. The van der Waals surface area contributed by atoms with Crippen molar-refractivity contribution in [3.05, 3.63) is 42.0 Å². The van der Waals surface area contributed by atoms with Crippen LogP contribution in [-0.4, -0.2) is 8.76 Å². The zero-order valence-electron chi connectivity index (χ0n) is 7.68. The largest absolute Gasteiger partial charge is 0.302 e. The van der Waals surface area contributed by atoms with Crippen LogP contribution in [0.2, 0.25) is 0 Å². The van der Waals surface area contributed by atoms with Crippen molar-refractivity contribution in [2.45, 2.75) is 4.90 Å². The molecular weight excluding hydrogens is 210 g/mol. The molecule has 1 N–H and O–H groups in total. The summed E-state index contributed by atoms with van der Waals surface area (Å²) in [6.07, 6.45) is 0. The molecule has 0 aliphatic heterocycles. The van der Waals surface area contributed by atoms with Crippen LogP contribution in [0.3, 0.4) is 0 Å². The standard InChI is InChI=1S/C11H7NO2S/c12-7-8-5-9-3-1-2-4-10(9)11(6-8)15(13)14/h1-6H,(H,13,14). The predicted molar refractivity (Wildman–Crippen MR) is 57.7 cm³/mol. The first-order valence-corrected chi connectivity index (χ1v) is 5.37. The Hall–Kier alpha value is -1.70. The second-order valence-electron chi connectivity index (χ2n) is 3.06. The van der Waals surface area contributed by atoms with Crippen LogP contribution in [0.1, 0.15) is 5.56 Å². The van der Waals surface area contributed by atoms with E-state index in [2.05, 4.69) is 0 Å². The summed E-state index contributed by atoms with van der Waals surface area (Å²) in [7, 11) is 0. The zero-order chi connectivity index (χ0) is 10.8. The molecule has 4 heteroatoms. The second-order valence-corrected chi connectivity index (χ2v) is 3.99. The Morgan fingerprint density at radius 2 is 2.00 bits per heavy atom. The maximum absolute atomic E-state index is 11.1. The first-order chi connectivity index (χ1) is 7.22. The van der Waals surface area contributed by atoms with Crippen LogP contribution in [0.5, 0.6) is 0 Å². The van der Waals surface area contributed by atoms with Crippen molar-refractivity contribution in [3.8, 4) is 6.07 Å². The number of hydrogen-bond acceptors (Lipinski definition) is 2. The van der Waals surface area contributed by atoms with Crippen molar-refractivity contribution in [3.63, 3.8) is 0 Å². The van der Waals surface area contributed by atoms with Gasteiger partial charge in [0, 0.05) is 5.39 Å². The Balaban J connectivity index is 2.88. The van der Waals surface area contributed by atoms with Crippen LogP contribution in [0.15, 0.2) is 41.3 Å². The highest BCUT2D eigenvalue weighted by molar-refractivity contribution is 7.79. The van der Waals surface area contributed by atoms with Crippen molar-refractivity contribution in [2.24, 2.45) is 0 Å². The van der Waals surface area contributed by atoms with E-state index in [0.717, 1.165) is 5.39 Å². The quantitative estimate of drug-likeness (QED) is 0.745. The van der Waals surface area contributed by atoms with Gasteiger partial charge in [-0.1, -0.05) is 24.3 Å². The molecule has 0 fully saturated rings. The topological polar surface area (TPSA) is 61.1 Å². The van der Waals surface area contributed by atoms with Gasteiger partial charge in [-0.3, -0.25) is 0 Å². The van der Waals surface area contributed by atoms with Crippen LogP contribution in [0, 0.1) is 11.3 Å². The van der Waals surface area contributed by atoms with Crippen molar-refractivity contribution in [1.29, 1.82) is 5.26 Å². The molecule has 0 amide bonds. The van der Waals surface area contributed by atoms with Crippen molar-refractivity contribution in [1.82, 2.24) is 0 Å². The fourth-order valence-electron chi connectivity index (χ4n) is 1.48. The molecule has 0 radical (unpaired) electrons. The van der Waals surface area contributed by atoms with Crippen LogP contribution in [0.25, 0.3) is 10.8 Å². The average molecular weight is 217 g/mol. The van der Waals surface area contributed by atoms with E-state index in [1.54, 1.807) is 18.2 Å². The van der Waals surface area contributed by atoms with Gasteiger partial charge in [-0.2, -0.15) is 5.26 Å². The average Bonchev–Trinajstić information content (AvgIpc) is 2.27. The van der Waals surface area contributed by atoms with Crippen molar-refractivity contribution >= 4 is 21.9 Å². The van der Waals surface area contributed by atoms with E-state index in [4.69, 9.17) is 9.81 Å². The molecule has 1 unspecified atom stereocenters. The number of fused-ring (bicyclic) bond motifs is 1. The van der Waals surface area contributed by atoms with Crippen LogP contribution >= 0.6 is 0 Å². The monoisotopic (exact) mass is 217 g/mol. The van der Waals surface area contributed by atoms with Gasteiger partial charge in [0.05, 0.1) is 16.5 Å². The van der Waals surface area contributed by atoms with Gasteiger partial charge in [-0.15, -0.1) is 0 Å². The SMILES string of the molecule is N#Cc1cc(S(=O)O)c2ccccc2c1. The lowest BCUT2D eigenvalue weighted by Gasteiger charge is -2.03. The van der Waals surface area contributed by atoms with E-state index in [0.29, 0.717) is 10.9 Å². The summed E-state index contributed by atoms with van der Waals surface area (Å²) in [6.45, 7) is 0. The first-order valence-electron chi connectivity index (χ1n) is 4.26. The number of benzene rings is 2. The van der Waals surface area contributed by atoms with Gasteiger partial charge in [0.15, 0.2) is 11.1 Å². The minimum atomic E-state index is -2.07. The summed E-state index contributed by atoms with van der Waals surface area (Å²) in [4.78, 5) is 0.282. The maximum Gasteiger partial charge on any atom is 0.187 e. The highest BCUT2D eigenvalue weighted by Crippen LogP contribution is 2.22. The number of hydrogen-bond donors (Lipinski definition) is 1. The summed E-state index contributed by atoms with van der Waals surface area (Å²) in [5.74, 6) is 0. The van der Waals surface area contributed by atoms with Gasteiger partial charge in [-0.25, -0.2) is 4.21 Å². The molecule has 0 bridgehead atoms. The fourth-order valence-corrected chi connectivity index (χ4v) is 2.09. The molecule has 0 aliphatic rings. The van der Waals surface area contributed by atoms with Crippen LogP contribution in [-0.2, 0) is 11.1 Å². The summed E-state index contributed by atoms with van der Waals surface area (Å²) >= 11 is -2.07. The molecule has 0 aromatic heterocycles. The van der Waals surface area contributed by atoms with E-state index in [1.807, 2.05) is 18.2 Å². The van der Waals surface area contributed by atoms with Crippen LogP contribution in [0.4, 0.5) is 0 Å². The maximum atomic E-state index is 11.1. The molecular formula is C11H7NO2S. The number of nitrogens with zero attached hydrogens (tertiary/aromatic N) is 1. The molecule has 3 nitrogen and oxygen atoms in total. The Kier molecular flexibility index (Phi) is 2.50. The molecule has 0 heterocycles. The summed E-state index contributed by atoms with van der Waals surface area (Å²) in [5.41, 5.74) is 0.395. The molecule has 0 saturated heterocycles. The number of nitriles is 1. The third kappa shape index (κ3) is 1.75. The molecule has 2 aromatic rings. The lowest BCUT2D eigenvalue weighted by atomic mass is 10.1. The Bertz CT molecular complexity index is 587. The normalized spacial score (nSPS) is 12.3. The summed E-state index contributed by atoms with van der Waals surface area (Å²) in [6, 6.07) is 12.3. The molecule has 0 aliphatic carbocycles. The lowest BCUT2D eigenvalue weighted by molar-refractivity contribution is 0.565. The number of rotatable bonds is 1. The molecule has 1 atom stereocenters. The van der Waals surface area contributed by atoms with Gasteiger partial charge in [-0.05, 0) is 17.5 Å². The van der Waals surface area contributed by atoms with E-state index in [1.165, 1.54) is 6.07 Å². The fraction of sp³-hybridized carbons (Fsp3) is 0. The summed E-state index contributed by atoms with van der Waals surface area (Å²) in [5, 5.41) is 10.3. The van der Waals surface area contributed by atoms with Gasteiger partial charge < -0.3 is 4.55 Å². The van der Waals surface area contributed by atoms with E-state index >= 15 is 0 Å². The zero-order valence-corrected chi connectivity index (χ0v) is 8.49. The third-order valence-corrected chi connectivity index (χ3v) is 2.86. The minimum absolute atomic E-state index is 0.282. The Morgan fingerprint density at radius 3 is 2.67 bits per heavy atom. The highest BCUT2D eigenvalue weighted by Gasteiger charge is 2.07. The van der Waals surface area contributed by atoms with Gasteiger partial charge in [0.25, 0.3) is 0 Å². The third-order valence-electron chi connectivity index (χ3n) is 2.14. The smallest absolute Gasteiger partial charge is 0.187 e. The molecule has 15 heavy (non-hydrogen) atoms. The van der Waals surface area contributed by atoms with Gasteiger partial charge in [0.2, 0.25) is 0 Å². The van der Waals surface area contributed by atoms with Crippen molar-refractivity contribution < 1.29 is 8.76 Å². The van der Waals surface area contributed by atoms with E-state index in [-0.39, 0.29) is 4.90 Å². The van der Waals surface area contributed by atoms with Crippen LogP contribution < -0.4 is 0 Å². The second kappa shape index (κ2) is 3.81. The van der Waals surface area contributed by atoms with Gasteiger partial charge >= 0.3 is 0 Å².